The maximum absolute atomic E-state index is 12.3. The zero-order valence-electron chi connectivity index (χ0n) is 13.1. The number of hydrogen-bond acceptors (Lipinski definition) is 4. The van der Waals surface area contributed by atoms with E-state index >= 15 is 0 Å². The van der Waals surface area contributed by atoms with Crippen LogP contribution in [0.3, 0.4) is 0 Å². The van der Waals surface area contributed by atoms with Gasteiger partial charge in [0.2, 0.25) is 5.91 Å². The Kier molecular flexibility index (Phi) is 4.27. The molecule has 0 unspecified atom stereocenters. The van der Waals surface area contributed by atoms with Crippen LogP contribution in [0.5, 0.6) is 0 Å². The fourth-order valence-electron chi connectivity index (χ4n) is 3.13. The van der Waals surface area contributed by atoms with Crippen LogP contribution < -0.4 is 5.32 Å². The molecule has 6 heteroatoms. The van der Waals surface area contributed by atoms with Crippen molar-refractivity contribution < 1.29 is 9.32 Å². The lowest BCUT2D eigenvalue weighted by molar-refractivity contribution is -0.115. The number of carbonyl (C=O) groups excluding carboxylic acids is 1. The Morgan fingerprint density at radius 1 is 1.36 bits per heavy atom. The second kappa shape index (κ2) is 6.34. The normalized spacial score (nSPS) is 15.9. The quantitative estimate of drug-likeness (QED) is 0.941. The van der Waals surface area contributed by atoms with E-state index in [2.05, 4.69) is 15.6 Å². The Labute approximate surface area is 129 Å². The van der Waals surface area contributed by atoms with Crippen LogP contribution in [0.1, 0.15) is 55.2 Å². The van der Waals surface area contributed by atoms with Gasteiger partial charge in [-0.1, -0.05) is 24.4 Å². The first-order chi connectivity index (χ1) is 10.6. The second-order valence-corrected chi connectivity index (χ2v) is 5.98. The Morgan fingerprint density at radius 3 is 2.82 bits per heavy atom. The predicted molar refractivity (Wildman–Crippen MR) is 82.7 cm³/mol. The van der Waals surface area contributed by atoms with Gasteiger partial charge in [-0.25, -0.2) is 4.68 Å². The maximum atomic E-state index is 12.3. The smallest absolute Gasteiger partial charge is 0.230 e. The van der Waals surface area contributed by atoms with Gasteiger partial charge in [-0.3, -0.25) is 4.79 Å². The molecule has 0 radical (unpaired) electrons. The van der Waals surface area contributed by atoms with Crippen molar-refractivity contribution in [2.75, 3.05) is 5.32 Å². The highest BCUT2D eigenvalue weighted by molar-refractivity contribution is 5.91. The second-order valence-electron chi connectivity index (χ2n) is 5.98. The van der Waals surface area contributed by atoms with Crippen LogP contribution in [0, 0.1) is 13.8 Å². The SMILES string of the molecule is Cc1noc(C)c1CC(=O)Nc1ccnn1C1CCCCC1. The minimum atomic E-state index is -0.0630. The molecule has 0 saturated heterocycles. The minimum Gasteiger partial charge on any atom is -0.361 e. The molecular weight excluding hydrogens is 280 g/mol. The third kappa shape index (κ3) is 3.05. The lowest BCUT2D eigenvalue weighted by Gasteiger charge is -2.23. The average Bonchev–Trinajstić information content (AvgIpc) is 3.10. The van der Waals surface area contributed by atoms with Crippen LogP contribution in [-0.4, -0.2) is 20.8 Å². The van der Waals surface area contributed by atoms with E-state index in [4.69, 9.17) is 4.52 Å². The van der Waals surface area contributed by atoms with Crippen LogP contribution in [0.25, 0.3) is 0 Å². The molecule has 0 atom stereocenters. The van der Waals surface area contributed by atoms with Gasteiger partial charge in [0.25, 0.3) is 0 Å². The first-order valence-corrected chi connectivity index (χ1v) is 7.90. The molecule has 1 fully saturated rings. The molecule has 1 N–H and O–H groups in total. The first-order valence-electron chi connectivity index (χ1n) is 7.90. The average molecular weight is 302 g/mol. The molecule has 6 nitrogen and oxygen atoms in total. The summed E-state index contributed by atoms with van der Waals surface area (Å²) >= 11 is 0. The van der Waals surface area contributed by atoms with E-state index in [0.717, 1.165) is 29.9 Å². The van der Waals surface area contributed by atoms with Gasteiger partial charge in [0.1, 0.15) is 11.6 Å². The fraction of sp³-hybridized carbons (Fsp3) is 0.562. The van der Waals surface area contributed by atoms with Crippen molar-refractivity contribution in [1.82, 2.24) is 14.9 Å². The zero-order valence-corrected chi connectivity index (χ0v) is 13.1. The van der Waals surface area contributed by atoms with Gasteiger partial charge in [-0.15, -0.1) is 0 Å². The number of aryl methyl sites for hydroxylation is 2. The van der Waals surface area contributed by atoms with Crippen LogP contribution in [0.2, 0.25) is 0 Å². The molecule has 0 bridgehead atoms. The van der Waals surface area contributed by atoms with Gasteiger partial charge >= 0.3 is 0 Å². The van der Waals surface area contributed by atoms with E-state index in [9.17, 15) is 4.79 Å². The third-order valence-corrected chi connectivity index (χ3v) is 4.38. The highest BCUT2D eigenvalue weighted by atomic mass is 16.5. The highest BCUT2D eigenvalue weighted by Gasteiger charge is 2.20. The number of hydrogen-bond donors (Lipinski definition) is 1. The van der Waals surface area contributed by atoms with Crippen LogP contribution >= 0.6 is 0 Å². The summed E-state index contributed by atoms with van der Waals surface area (Å²) in [4.78, 5) is 12.3. The summed E-state index contributed by atoms with van der Waals surface area (Å²) in [5, 5.41) is 11.3. The molecule has 0 aromatic carbocycles. The molecule has 118 valence electrons. The van der Waals surface area contributed by atoms with Gasteiger partial charge in [-0.2, -0.15) is 5.10 Å². The Bertz CT molecular complexity index is 633. The Balaban J connectivity index is 1.68. The topological polar surface area (TPSA) is 73.0 Å². The van der Waals surface area contributed by atoms with Crippen LogP contribution in [0.4, 0.5) is 5.82 Å². The predicted octanol–water partition coefficient (Wildman–Crippen LogP) is 3.17. The maximum Gasteiger partial charge on any atom is 0.230 e. The van der Waals surface area contributed by atoms with E-state index in [1.807, 2.05) is 24.6 Å². The van der Waals surface area contributed by atoms with Crippen molar-refractivity contribution in [1.29, 1.82) is 0 Å². The molecule has 1 aliphatic rings. The monoisotopic (exact) mass is 302 g/mol. The van der Waals surface area contributed by atoms with Crippen molar-refractivity contribution in [3.05, 3.63) is 29.3 Å². The van der Waals surface area contributed by atoms with Crippen molar-refractivity contribution in [2.45, 2.75) is 58.4 Å². The van der Waals surface area contributed by atoms with Crippen molar-refractivity contribution in [3.63, 3.8) is 0 Å². The van der Waals surface area contributed by atoms with Gasteiger partial charge in [0.05, 0.1) is 24.4 Å². The molecule has 0 aliphatic heterocycles. The standard InChI is InChI=1S/C16H22N4O2/c1-11-14(12(2)22-19-11)10-16(21)18-15-8-9-17-20(15)13-6-4-3-5-7-13/h8-9,13H,3-7,10H2,1-2H3,(H,18,21). The van der Waals surface area contributed by atoms with Crippen LogP contribution in [-0.2, 0) is 11.2 Å². The van der Waals surface area contributed by atoms with Gasteiger partial charge < -0.3 is 9.84 Å². The van der Waals surface area contributed by atoms with Crippen molar-refractivity contribution >= 4 is 11.7 Å². The summed E-state index contributed by atoms with van der Waals surface area (Å²) in [6, 6.07) is 2.26. The van der Waals surface area contributed by atoms with Crippen molar-refractivity contribution in [3.8, 4) is 0 Å². The summed E-state index contributed by atoms with van der Waals surface area (Å²) in [5.74, 6) is 1.42. The first kappa shape index (κ1) is 14.8. The van der Waals surface area contributed by atoms with E-state index < -0.39 is 0 Å². The number of carbonyl (C=O) groups is 1. The third-order valence-electron chi connectivity index (χ3n) is 4.38. The molecule has 1 aliphatic carbocycles. The summed E-state index contributed by atoms with van der Waals surface area (Å²) in [5.41, 5.74) is 1.63. The van der Waals surface area contributed by atoms with E-state index in [-0.39, 0.29) is 12.3 Å². The lowest BCUT2D eigenvalue weighted by Crippen LogP contribution is -2.21. The highest BCUT2D eigenvalue weighted by Crippen LogP contribution is 2.30. The molecule has 0 spiro atoms. The molecule has 1 amide bonds. The molecule has 2 heterocycles. The minimum absolute atomic E-state index is 0.0630. The van der Waals surface area contributed by atoms with Gasteiger partial charge in [-0.05, 0) is 26.7 Å². The molecule has 3 rings (SSSR count). The summed E-state index contributed by atoms with van der Waals surface area (Å²) in [6.07, 6.45) is 8.06. The van der Waals surface area contributed by atoms with E-state index in [1.165, 1.54) is 19.3 Å². The van der Waals surface area contributed by atoms with E-state index in [0.29, 0.717) is 11.8 Å². The number of aromatic nitrogens is 3. The number of nitrogens with one attached hydrogen (secondary N) is 1. The number of rotatable bonds is 4. The number of nitrogens with zero attached hydrogens (tertiary/aromatic N) is 3. The van der Waals surface area contributed by atoms with Crippen molar-refractivity contribution in [2.24, 2.45) is 0 Å². The van der Waals surface area contributed by atoms with Gasteiger partial charge in [0.15, 0.2) is 0 Å². The fourth-order valence-corrected chi connectivity index (χ4v) is 3.13. The molecular formula is C16H22N4O2. The lowest BCUT2D eigenvalue weighted by atomic mass is 9.96. The Morgan fingerprint density at radius 2 is 2.14 bits per heavy atom. The number of amides is 1. The van der Waals surface area contributed by atoms with Crippen LogP contribution in [0.15, 0.2) is 16.8 Å². The van der Waals surface area contributed by atoms with E-state index in [1.54, 1.807) is 6.20 Å². The summed E-state index contributed by atoms with van der Waals surface area (Å²) in [6.45, 7) is 3.68. The molecule has 2 aromatic rings. The molecule has 22 heavy (non-hydrogen) atoms. The summed E-state index contributed by atoms with van der Waals surface area (Å²) in [7, 11) is 0. The van der Waals surface area contributed by atoms with Gasteiger partial charge in [0, 0.05) is 11.6 Å². The summed E-state index contributed by atoms with van der Waals surface area (Å²) < 4.78 is 7.07. The zero-order chi connectivity index (χ0) is 15.5. The number of anilines is 1. The molecule has 1 saturated carbocycles. The molecule has 2 aromatic heterocycles. The Hall–Kier alpha value is -2.11. The largest absolute Gasteiger partial charge is 0.361 e.